The Hall–Kier alpha value is -7.44. The molecule has 8 aromatic rings. The SMILES string of the molecule is Cn1nnnc1SCC1(OC(=O)/C=C/C(=O)OC2(CSc3nnnn3C)NCCc3cc(OC(=O)c4cccs4)c(OC(=O)c4cccs4)cc32)NCCc2cc(OC(=O)c3cccs3)c(OC(=O)c3cccs3)cc21. The number of hydrogen-bond donors (Lipinski definition) is 2. The number of thiophene rings is 4. The van der Waals surface area contributed by atoms with Crippen LogP contribution in [-0.4, -0.2) is 101 Å². The zero-order chi connectivity index (χ0) is 52.8. The fourth-order valence-corrected chi connectivity index (χ4v) is 12.3. The molecular formula is C48H38N10O12S6. The molecule has 22 nitrogen and oxygen atoms in total. The van der Waals surface area contributed by atoms with Gasteiger partial charge in [0.2, 0.25) is 21.8 Å². The van der Waals surface area contributed by atoms with E-state index in [1.54, 1.807) is 96.3 Å². The lowest BCUT2D eigenvalue weighted by atomic mass is 9.91. The Bertz CT molecular complexity index is 3250. The molecule has 0 saturated heterocycles. The summed E-state index contributed by atoms with van der Waals surface area (Å²) in [5.41, 5.74) is -1.54. The molecule has 76 heavy (non-hydrogen) atoms. The van der Waals surface area contributed by atoms with Crippen molar-refractivity contribution in [1.82, 2.24) is 51.0 Å². The van der Waals surface area contributed by atoms with Gasteiger partial charge in [-0.05, 0) is 115 Å². The van der Waals surface area contributed by atoms with E-state index < -0.39 is 47.3 Å². The lowest BCUT2D eigenvalue weighted by molar-refractivity contribution is -0.159. The first-order valence-corrected chi connectivity index (χ1v) is 28.1. The molecule has 28 heteroatoms. The molecule has 0 spiro atoms. The first-order valence-electron chi connectivity index (χ1n) is 22.6. The zero-order valence-corrected chi connectivity index (χ0v) is 44.5. The molecule has 0 radical (unpaired) electrons. The third-order valence-corrected chi connectivity index (χ3v) is 17.1. The number of esters is 6. The lowest BCUT2D eigenvalue weighted by Crippen LogP contribution is -2.52. The number of nitrogens with one attached hydrogen (secondary N) is 2. The van der Waals surface area contributed by atoms with Crippen LogP contribution in [0.1, 0.15) is 60.9 Å². The van der Waals surface area contributed by atoms with E-state index in [-0.39, 0.29) is 57.3 Å². The van der Waals surface area contributed by atoms with E-state index in [1.165, 1.54) is 44.2 Å². The van der Waals surface area contributed by atoms with Crippen molar-refractivity contribution in [3.05, 3.63) is 148 Å². The van der Waals surface area contributed by atoms with Crippen LogP contribution in [0.2, 0.25) is 0 Å². The average molecular weight is 1140 g/mol. The van der Waals surface area contributed by atoms with Gasteiger partial charge in [0.1, 0.15) is 19.5 Å². The lowest BCUT2D eigenvalue weighted by Gasteiger charge is -2.39. The van der Waals surface area contributed by atoms with Crippen LogP contribution in [-0.2, 0) is 57.4 Å². The van der Waals surface area contributed by atoms with Crippen molar-refractivity contribution in [1.29, 1.82) is 0 Å². The molecule has 388 valence electrons. The van der Waals surface area contributed by atoms with E-state index in [1.807, 2.05) is 0 Å². The van der Waals surface area contributed by atoms with Gasteiger partial charge >= 0.3 is 35.8 Å². The summed E-state index contributed by atoms with van der Waals surface area (Å²) < 4.78 is 39.0. The van der Waals surface area contributed by atoms with Crippen LogP contribution in [0.15, 0.2) is 117 Å². The van der Waals surface area contributed by atoms with E-state index in [2.05, 4.69) is 41.7 Å². The highest BCUT2D eigenvalue weighted by atomic mass is 32.2. The van der Waals surface area contributed by atoms with E-state index >= 15 is 0 Å². The molecule has 8 heterocycles. The van der Waals surface area contributed by atoms with Crippen LogP contribution < -0.4 is 29.6 Å². The van der Waals surface area contributed by atoms with E-state index in [0.717, 1.165) is 58.3 Å². The maximum Gasteiger partial charge on any atom is 0.353 e. The molecule has 0 bridgehead atoms. The summed E-state index contributed by atoms with van der Waals surface area (Å²) in [5, 5.41) is 37.7. The molecule has 0 fully saturated rings. The third-order valence-electron chi connectivity index (χ3n) is 11.4. The Kier molecular flexibility index (Phi) is 15.6. The Morgan fingerprint density at radius 2 is 0.895 bits per heavy atom. The molecule has 2 aromatic carbocycles. The van der Waals surface area contributed by atoms with Gasteiger partial charge in [0, 0.05) is 50.5 Å². The highest BCUT2D eigenvalue weighted by molar-refractivity contribution is 7.99. The third kappa shape index (κ3) is 11.5. The molecule has 2 unspecified atom stereocenters. The summed E-state index contributed by atoms with van der Waals surface area (Å²) in [6.07, 6.45) is 2.54. The Morgan fingerprint density at radius 1 is 0.553 bits per heavy atom. The molecule has 2 aliphatic heterocycles. The summed E-state index contributed by atoms with van der Waals surface area (Å²) in [5.74, 6) is -5.22. The maximum atomic E-state index is 14.3. The number of rotatable bonds is 18. The van der Waals surface area contributed by atoms with Crippen molar-refractivity contribution in [3.63, 3.8) is 0 Å². The number of tetrazole rings is 2. The van der Waals surface area contributed by atoms with Gasteiger partial charge < -0.3 is 28.4 Å². The number of fused-ring (bicyclic) bond motifs is 2. The molecular weight excluding hydrogens is 1100 g/mol. The van der Waals surface area contributed by atoms with Crippen LogP contribution >= 0.6 is 68.9 Å². The van der Waals surface area contributed by atoms with Gasteiger partial charge in [0.05, 0.1) is 11.5 Å². The van der Waals surface area contributed by atoms with Crippen LogP contribution in [0.4, 0.5) is 0 Å². The standard InChI is InChI=1S/C48H38N10O12S6/c1-57-45(51-53-55-57)75-25-47(29-23-33(67-43(63)37-9-5-19-73-37)31(21-27(29)13-15-49-47)65-41(61)35-7-3-17-71-35)69-39(59)11-12-40(60)70-48(26-76-46-52-54-56-58(46)2)30-24-34(68-44(64)38-10-6-20-74-38)32(22-28(30)14-16-50-48)66-42(62)36-8-4-18-72-36/h3-12,17-24,49-50H,13-16,25-26H2,1-2H3/b12-11+. The van der Waals surface area contributed by atoms with Crippen molar-refractivity contribution < 1.29 is 57.2 Å². The summed E-state index contributed by atoms with van der Waals surface area (Å²) in [4.78, 5) is 83.3. The number of carbonyl (C=O) groups is 6. The second kappa shape index (κ2) is 22.8. The topological polar surface area (TPSA) is 269 Å². The molecule has 6 aromatic heterocycles. The molecule has 2 atom stereocenters. The molecule has 0 aliphatic carbocycles. The van der Waals surface area contributed by atoms with Gasteiger partial charge in [-0.3, -0.25) is 10.6 Å². The van der Waals surface area contributed by atoms with Gasteiger partial charge in [-0.25, -0.2) is 38.1 Å². The predicted molar refractivity (Wildman–Crippen MR) is 277 cm³/mol. The molecule has 0 saturated carbocycles. The number of aryl methyl sites for hydroxylation is 2. The van der Waals surface area contributed by atoms with Crippen molar-refractivity contribution >= 4 is 105 Å². The Morgan fingerprint density at radius 3 is 1.20 bits per heavy atom. The van der Waals surface area contributed by atoms with E-state index in [0.29, 0.717) is 55.2 Å². The Labute approximate surface area is 454 Å². The van der Waals surface area contributed by atoms with Crippen molar-refractivity contribution in [2.24, 2.45) is 14.1 Å². The molecule has 2 N–H and O–H groups in total. The predicted octanol–water partition coefficient (Wildman–Crippen LogP) is 6.38. The molecule has 0 amide bonds. The average Bonchev–Trinajstić information content (AvgIpc) is 4.28. The van der Waals surface area contributed by atoms with Crippen LogP contribution in [0.3, 0.4) is 0 Å². The van der Waals surface area contributed by atoms with Crippen LogP contribution in [0.5, 0.6) is 23.0 Å². The first kappa shape index (κ1) is 52.0. The Balaban J connectivity index is 0.973. The first-order chi connectivity index (χ1) is 36.8. The fourth-order valence-electron chi connectivity index (χ4n) is 7.92. The van der Waals surface area contributed by atoms with Gasteiger partial charge in [-0.2, -0.15) is 0 Å². The highest BCUT2D eigenvalue weighted by Gasteiger charge is 2.44. The largest absolute Gasteiger partial charge is 0.435 e. The summed E-state index contributed by atoms with van der Waals surface area (Å²) >= 11 is 6.96. The monoisotopic (exact) mass is 1140 g/mol. The minimum Gasteiger partial charge on any atom is -0.435 e. The quantitative estimate of drug-likeness (QED) is 0.0408. The molecule has 2 aliphatic rings. The number of carbonyl (C=O) groups excluding carboxylic acids is 6. The smallest absolute Gasteiger partial charge is 0.353 e. The van der Waals surface area contributed by atoms with Gasteiger partial charge in [-0.1, -0.05) is 47.8 Å². The second-order valence-electron chi connectivity index (χ2n) is 16.3. The van der Waals surface area contributed by atoms with Crippen molar-refractivity contribution in [2.45, 2.75) is 34.6 Å². The number of hydrogen-bond acceptors (Lipinski definition) is 26. The fraction of sp³-hybridized carbons (Fsp3) is 0.208. The minimum atomic E-state index is -1.70. The van der Waals surface area contributed by atoms with Gasteiger partial charge in [0.25, 0.3) is 0 Å². The summed E-state index contributed by atoms with van der Waals surface area (Å²) in [6, 6.07) is 19.3. The van der Waals surface area contributed by atoms with Crippen LogP contribution in [0.25, 0.3) is 0 Å². The maximum absolute atomic E-state index is 14.3. The normalized spacial score (nSPS) is 16.8. The second-order valence-corrected chi connectivity index (χ2v) is 22.0. The van der Waals surface area contributed by atoms with Gasteiger partial charge in [-0.15, -0.1) is 55.5 Å². The highest BCUT2D eigenvalue weighted by Crippen LogP contribution is 2.44. The number of aromatic nitrogens is 8. The number of nitrogens with zero attached hydrogens (tertiary/aromatic N) is 8. The van der Waals surface area contributed by atoms with Crippen LogP contribution in [0, 0.1) is 0 Å². The zero-order valence-electron chi connectivity index (χ0n) is 39.6. The molecule has 10 rings (SSSR count). The van der Waals surface area contributed by atoms with E-state index in [4.69, 9.17) is 28.4 Å². The van der Waals surface area contributed by atoms with Crippen molar-refractivity contribution in [2.75, 3.05) is 24.6 Å². The summed E-state index contributed by atoms with van der Waals surface area (Å²) in [7, 11) is 3.28. The van der Waals surface area contributed by atoms with Crippen molar-refractivity contribution in [3.8, 4) is 23.0 Å². The number of ether oxygens (including phenoxy) is 6. The summed E-state index contributed by atoms with van der Waals surface area (Å²) in [6.45, 7) is 0.504. The number of thioether (sulfide) groups is 2. The van der Waals surface area contributed by atoms with Gasteiger partial charge in [0.15, 0.2) is 23.0 Å². The van der Waals surface area contributed by atoms with E-state index in [9.17, 15) is 28.8 Å². The number of benzene rings is 2. The minimum absolute atomic E-state index is 0.0409.